The standard InChI is InChI=1S/C15H30N2O3/c1-13(2,3)11(8-15(19-7)9-16-10-15)17-12(18)20-14(4,5)6/h11,16H,8-10H2,1-7H3,(H,17,18). The summed E-state index contributed by atoms with van der Waals surface area (Å²) in [4.78, 5) is 12.0. The van der Waals surface area contributed by atoms with E-state index in [9.17, 15) is 4.79 Å². The van der Waals surface area contributed by atoms with Crippen molar-refractivity contribution in [3.8, 4) is 0 Å². The van der Waals surface area contributed by atoms with Gasteiger partial charge in [-0.15, -0.1) is 0 Å². The van der Waals surface area contributed by atoms with Crippen molar-refractivity contribution in [3.63, 3.8) is 0 Å². The molecule has 1 fully saturated rings. The molecule has 1 atom stereocenters. The van der Waals surface area contributed by atoms with Crippen LogP contribution in [0.2, 0.25) is 0 Å². The summed E-state index contributed by atoms with van der Waals surface area (Å²) in [6, 6.07) is -0.000556. The van der Waals surface area contributed by atoms with E-state index in [2.05, 4.69) is 31.4 Å². The predicted octanol–water partition coefficient (Wildman–Crippen LogP) is 2.30. The monoisotopic (exact) mass is 286 g/mol. The first-order chi connectivity index (χ1) is 8.97. The minimum atomic E-state index is -0.483. The second kappa shape index (κ2) is 5.90. The second-order valence-electron chi connectivity index (χ2n) is 7.76. The van der Waals surface area contributed by atoms with Gasteiger partial charge >= 0.3 is 6.09 Å². The predicted molar refractivity (Wildman–Crippen MR) is 79.8 cm³/mol. The Morgan fingerprint density at radius 2 is 1.80 bits per heavy atom. The molecule has 0 bridgehead atoms. The highest BCUT2D eigenvalue weighted by Gasteiger charge is 2.42. The van der Waals surface area contributed by atoms with Crippen LogP contribution < -0.4 is 10.6 Å². The van der Waals surface area contributed by atoms with Crippen LogP contribution in [0.3, 0.4) is 0 Å². The van der Waals surface area contributed by atoms with Gasteiger partial charge < -0.3 is 20.1 Å². The fourth-order valence-electron chi connectivity index (χ4n) is 2.17. The zero-order chi connectivity index (χ0) is 15.6. The van der Waals surface area contributed by atoms with Crippen LogP contribution in [-0.4, -0.2) is 43.5 Å². The van der Waals surface area contributed by atoms with Crippen molar-refractivity contribution in [3.05, 3.63) is 0 Å². The van der Waals surface area contributed by atoms with Crippen molar-refractivity contribution in [2.75, 3.05) is 20.2 Å². The van der Waals surface area contributed by atoms with Crippen molar-refractivity contribution in [2.45, 2.75) is 65.2 Å². The molecule has 1 aliphatic rings. The number of methoxy groups -OCH3 is 1. The van der Waals surface area contributed by atoms with Gasteiger partial charge in [-0.25, -0.2) is 4.79 Å². The number of nitrogens with one attached hydrogen (secondary N) is 2. The van der Waals surface area contributed by atoms with E-state index in [-0.39, 0.29) is 23.2 Å². The third-order valence-corrected chi connectivity index (χ3v) is 3.64. The smallest absolute Gasteiger partial charge is 0.407 e. The SMILES string of the molecule is COC1(CC(NC(=O)OC(C)(C)C)C(C)(C)C)CNC1. The van der Waals surface area contributed by atoms with Crippen molar-refractivity contribution in [1.82, 2.24) is 10.6 Å². The molecule has 1 rings (SSSR count). The number of alkyl carbamates (subject to hydrolysis) is 1. The fourth-order valence-corrected chi connectivity index (χ4v) is 2.17. The Hall–Kier alpha value is -0.810. The summed E-state index contributed by atoms with van der Waals surface area (Å²) < 4.78 is 11.0. The van der Waals surface area contributed by atoms with Crippen LogP contribution in [0.5, 0.6) is 0 Å². The summed E-state index contributed by atoms with van der Waals surface area (Å²) in [5.74, 6) is 0. The number of hydrogen-bond acceptors (Lipinski definition) is 4. The Bertz CT molecular complexity index is 332. The number of hydrogen-bond donors (Lipinski definition) is 2. The van der Waals surface area contributed by atoms with Crippen molar-refractivity contribution in [1.29, 1.82) is 0 Å². The molecule has 20 heavy (non-hydrogen) atoms. The third-order valence-electron chi connectivity index (χ3n) is 3.64. The molecular weight excluding hydrogens is 256 g/mol. The van der Waals surface area contributed by atoms with E-state index in [1.165, 1.54) is 0 Å². The van der Waals surface area contributed by atoms with E-state index >= 15 is 0 Å². The van der Waals surface area contributed by atoms with Crippen LogP contribution >= 0.6 is 0 Å². The molecule has 0 aromatic carbocycles. The number of amides is 1. The Balaban J connectivity index is 2.68. The quantitative estimate of drug-likeness (QED) is 0.832. The third kappa shape index (κ3) is 4.94. The largest absolute Gasteiger partial charge is 0.444 e. The Labute approximate surface area is 122 Å². The average molecular weight is 286 g/mol. The molecule has 0 saturated carbocycles. The molecule has 1 unspecified atom stereocenters. The molecular formula is C15H30N2O3. The van der Waals surface area contributed by atoms with Crippen LogP contribution in [0.25, 0.3) is 0 Å². The molecule has 118 valence electrons. The Kier molecular flexibility index (Phi) is 5.08. The van der Waals surface area contributed by atoms with Crippen molar-refractivity contribution < 1.29 is 14.3 Å². The lowest BCUT2D eigenvalue weighted by atomic mass is 9.77. The highest BCUT2D eigenvalue weighted by molar-refractivity contribution is 5.68. The summed E-state index contributed by atoms with van der Waals surface area (Å²) in [7, 11) is 1.73. The van der Waals surface area contributed by atoms with Gasteiger partial charge in [-0.1, -0.05) is 20.8 Å². The molecule has 1 aliphatic heterocycles. The number of rotatable bonds is 4. The molecule has 0 aromatic heterocycles. The first-order valence-corrected chi connectivity index (χ1v) is 7.23. The van der Waals surface area contributed by atoms with Gasteiger partial charge in [-0.05, 0) is 32.6 Å². The molecule has 5 heteroatoms. The molecule has 1 heterocycles. The zero-order valence-electron chi connectivity index (χ0n) is 13.9. The van der Waals surface area contributed by atoms with E-state index in [1.807, 2.05) is 20.8 Å². The lowest BCUT2D eigenvalue weighted by molar-refractivity contribution is -0.0709. The van der Waals surface area contributed by atoms with Crippen LogP contribution in [0.1, 0.15) is 48.0 Å². The molecule has 2 N–H and O–H groups in total. The first-order valence-electron chi connectivity index (χ1n) is 7.23. The van der Waals surface area contributed by atoms with E-state index in [0.717, 1.165) is 19.5 Å². The molecule has 5 nitrogen and oxygen atoms in total. The minimum Gasteiger partial charge on any atom is -0.444 e. The van der Waals surface area contributed by atoms with Gasteiger partial charge in [-0.3, -0.25) is 0 Å². The van der Waals surface area contributed by atoms with Gasteiger partial charge in [0.1, 0.15) is 5.60 Å². The molecule has 0 aromatic rings. The summed E-state index contributed by atoms with van der Waals surface area (Å²) in [5, 5.41) is 6.24. The minimum absolute atomic E-state index is 0.000556. The molecule has 0 spiro atoms. The lowest BCUT2D eigenvalue weighted by Gasteiger charge is -2.46. The van der Waals surface area contributed by atoms with Crippen LogP contribution in [0, 0.1) is 5.41 Å². The highest BCUT2D eigenvalue weighted by Crippen LogP contribution is 2.30. The topological polar surface area (TPSA) is 59.6 Å². The number of carbonyl (C=O) groups is 1. The van der Waals surface area contributed by atoms with Gasteiger partial charge in [0, 0.05) is 26.2 Å². The maximum atomic E-state index is 12.0. The van der Waals surface area contributed by atoms with E-state index in [1.54, 1.807) is 7.11 Å². The zero-order valence-corrected chi connectivity index (χ0v) is 13.9. The number of ether oxygens (including phenoxy) is 2. The maximum absolute atomic E-state index is 12.0. The second-order valence-corrected chi connectivity index (χ2v) is 7.76. The van der Waals surface area contributed by atoms with Gasteiger partial charge in [0.25, 0.3) is 0 Å². The van der Waals surface area contributed by atoms with Crippen molar-refractivity contribution in [2.24, 2.45) is 5.41 Å². The fraction of sp³-hybridized carbons (Fsp3) is 0.933. The average Bonchev–Trinajstić information content (AvgIpc) is 2.17. The van der Waals surface area contributed by atoms with Gasteiger partial charge in [0.2, 0.25) is 0 Å². The lowest BCUT2D eigenvalue weighted by Crippen LogP contribution is -2.64. The maximum Gasteiger partial charge on any atom is 0.407 e. The first kappa shape index (κ1) is 17.2. The summed E-state index contributed by atoms with van der Waals surface area (Å²) >= 11 is 0. The van der Waals surface area contributed by atoms with Crippen molar-refractivity contribution >= 4 is 6.09 Å². The molecule has 0 radical (unpaired) electrons. The van der Waals surface area contributed by atoms with E-state index in [0.29, 0.717) is 0 Å². The molecule has 1 amide bonds. The summed E-state index contributed by atoms with van der Waals surface area (Å²) in [5.41, 5.74) is -0.714. The summed E-state index contributed by atoms with van der Waals surface area (Å²) in [6.45, 7) is 13.6. The van der Waals surface area contributed by atoms with Crippen LogP contribution in [0.4, 0.5) is 4.79 Å². The summed E-state index contributed by atoms with van der Waals surface area (Å²) in [6.07, 6.45) is 0.412. The van der Waals surface area contributed by atoms with Crippen LogP contribution in [0.15, 0.2) is 0 Å². The number of carbonyl (C=O) groups excluding carboxylic acids is 1. The van der Waals surface area contributed by atoms with E-state index < -0.39 is 5.60 Å². The highest BCUT2D eigenvalue weighted by atomic mass is 16.6. The molecule has 0 aliphatic carbocycles. The van der Waals surface area contributed by atoms with Gasteiger partial charge in [0.15, 0.2) is 0 Å². The van der Waals surface area contributed by atoms with Gasteiger partial charge in [-0.2, -0.15) is 0 Å². The van der Waals surface area contributed by atoms with Gasteiger partial charge in [0.05, 0.1) is 5.60 Å². The normalized spacial score (nSPS) is 19.9. The van der Waals surface area contributed by atoms with E-state index in [4.69, 9.17) is 9.47 Å². The Morgan fingerprint density at radius 3 is 2.10 bits per heavy atom. The van der Waals surface area contributed by atoms with Crippen LogP contribution in [-0.2, 0) is 9.47 Å². The molecule has 1 saturated heterocycles. The Morgan fingerprint density at radius 1 is 1.25 bits per heavy atom.